The topological polar surface area (TPSA) is 21.3 Å². The number of hydrogen-bond donors (Lipinski definition) is 1. The van der Waals surface area contributed by atoms with Crippen molar-refractivity contribution in [1.29, 1.82) is 0 Å². The minimum absolute atomic E-state index is 0.0842. The van der Waals surface area contributed by atoms with E-state index < -0.39 is 0 Å². The van der Waals surface area contributed by atoms with Crippen LogP contribution in [-0.4, -0.2) is 13.1 Å². The van der Waals surface area contributed by atoms with Crippen molar-refractivity contribution in [3.63, 3.8) is 0 Å². The summed E-state index contributed by atoms with van der Waals surface area (Å²) in [7, 11) is 0. The van der Waals surface area contributed by atoms with Crippen LogP contribution < -0.4 is 10.1 Å². The predicted octanol–water partition coefficient (Wildman–Crippen LogP) is 3.68. The van der Waals surface area contributed by atoms with Gasteiger partial charge in [0.05, 0.1) is 0 Å². The Balaban J connectivity index is 1.83. The van der Waals surface area contributed by atoms with E-state index in [0.717, 1.165) is 23.9 Å². The monoisotopic (exact) mass is 273 g/mol. The normalized spacial score (nSPS) is 16.7. The zero-order valence-electron chi connectivity index (χ0n) is 10.6. The molecule has 0 aliphatic carbocycles. The van der Waals surface area contributed by atoms with Gasteiger partial charge in [-0.1, -0.05) is 41.9 Å². The van der Waals surface area contributed by atoms with E-state index in [1.54, 1.807) is 0 Å². The lowest BCUT2D eigenvalue weighted by Crippen LogP contribution is -2.46. The first kappa shape index (κ1) is 12.5. The number of halogens is 1. The van der Waals surface area contributed by atoms with Gasteiger partial charge in [-0.05, 0) is 29.8 Å². The second-order valence-electron chi connectivity index (χ2n) is 4.82. The average Bonchev–Trinajstić information content (AvgIpc) is 2.38. The summed E-state index contributed by atoms with van der Waals surface area (Å²) < 4.78 is 6.16. The standard InChI is InChI=1S/C16H16ClNO/c17-14-8-6-12(7-9-14)16(13-10-18-11-13)19-15-4-2-1-3-5-15/h1-9,13,16,18H,10-11H2/t16-/m0/s1. The molecule has 0 spiro atoms. The van der Waals surface area contributed by atoms with Crippen LogP contribution in [0.2, 0.25) is 5.02 Å². The third-order valence-electron chi connectivity index (χ3n) is 3.45. The van der Waals surface area contributed by atoms with Gasteiger partial charge in [0.15, 0.2) is 0 Å². The molecule has 1 heterocycles. The van der Waals surface area contributed by atoms with Crippen molar-refractivity contribution >= 4 is 11.6 Å². The van der Waals surface area contributed by atoms with E-state index in [-0.39, 0.29) is 6.10 Å². The maximum Gasteiger partial charge on any atom is 0.129 e. The van der Waals surface area contributed by atoms with Gasteiger partial charge in [0.25, 0.3) is 0 Å². The molecule has 0 aromatic heterocycles. The molecule has 0 radical (unpaired) electrons. The molecule has 0 bridgehead atoms. The molecule has 2 nitrogen and oxygen atoms in total. The molecule has 19 heavy (non-hydrogen) atoms. The lowest BCUT2D eigenvalue weighted by atomic mass is 9.91. The van der Waals surface area contributed by atoms with Crippen LogP contribution in [0.1, 0.15) is 11.7 Å². The number of benzene rings is 2. The first-order chi connectivity index (χ1) is 9.33. The van der Waals surface area contributed by atoms with Crippen LogP contribution in [0.3, 0.4) is 0 Å². The van der Waals surface area contributed by atoms with Gasteiger partial charge in [0, 0.05) is 24.0 Å². The van der Waals surface area contributed by atoms with Crippen LogP contribution in [0.5, 0.6) is 5.75 Å². The molecule has 2 aromatic rings. The fourth-order valence-electron chi connectivity index (χ4n) is 2.26. The molecular formula is C16H16ClNO. The first-order valence-electron chi connectivity index (χ1n) is 6.51. The smallest absolute Gasteiger partial charge is 0.129 e. The Bertz CT molecular complexity index is 522. The van der Waals surface area contributed by atoms with Crippen LogP contribution >= 0.6 is 11.6 Å². The van der Waals surface area contributed by atoms with Crippen molar-refractivity contribution in [2.45, 2.75) is 6.10 Å². The van der Waals surface area contributed by atoms with Gasteiger partial charge in [0.2, 0.25) is 0 Å². The highest BCUT2D eigenvalue weighted by Crippen LogP contribution is 2.31. The fourth-order valence-corrected chi connectivity index (χ4v) is 2.39. The summed E-state index contributed by atoms with van der Waals surface area (Å²) in [6.45, 7) is 2.00. The summed E-state index contributed by atoms with van der Waals surface area (Å²) in [5.41, 5.74) is 1.18. The Morgan fingerprint density at radius 1 is 1.00 bits per heavy atom. The van der Waals surface area contributed by atoms with E-state index >= 15 is 0 Å². The van der Waals surface area contributed by atoms with Crippen molar-refractivity contribution in [3.05, 3.63) is 65.2 Å². The lowest BCUT2D eigenvalue weighted by molar-refractivity contribution is 0.0993. The molecular weight excluding hydrogens is 258 g/mol. The van der Waals surface area contributed by atoms with Gasteiger partial charge < -0.3 is 10.1 Å². The number of ether oxygens (including phenoxy) is 1. The van der Waals surface area contributed by atoms with Crippen molar-refractivity contribution in [2.24, 2.45) is 5.92 Å². The van der Waals surface area contributed by atoms with Gasteiger partial charge in [-0.3, -0.25) is 0 Å². The average molecular weight is 274 g/mol. The molecule has 3 rings (SSSR count). The quantitative estimate of drug-likeness (QED) is 0.918. The Morgan fingerprint density at radius 2 is 1.68 bits per heavy atom. The van der Waals surface area contributed by atoms with Crippen LogP contribution in [0, 0.1) is 5.92 Å². The van der Waals surface area contributed by atoms with Gasteiger partial charge in [-0.2, -0.15) is 0 Å². The van der Waals surface area contributed by atoms with E-state index in [1.165, 1.54) is 5.56 Å². The van der Waals surface area contributed by atoms with E-state index in [4.69, 9.17) is 16.3 Å². The van der Waals surface area contributed by atoms with Crippen LogP contribution in [-0.2, 0) is 0 Å². The molecule has 98 valence electrons. The summed E-state index contributed by atoms with van der Waals surface area (Å²) in [5, 5.41) is 4.06. The molecule has 1 atom stereocenters. The molecule has 0 saturated carbocycles. The minimum Gasteiger partial charge on any atom is -0.485 e. The summed E-state index contributed by atoms with van der Waals surface area (Å²) in [6.07, 6.45) is 0.0842. The number of rotatable bonds is 4. The Labute approximate surface area is 118 Å². The van der Waals surface area contributed by atoms with Crippen LogP contribution in [0.15, 0.2) is 54.6 Å². The second-order valence-corrected chi connectivity index (χ2v) is 5.26. The molecule has 1 N–H and O–H groups in total. The first-order valence-corrected chi connectivity index (χ1v) is 6.88. The minimum atomic E-state index is 0.0842. The highest BCUT2D eigenvalue weighted by atomic mass is 35.5. The molecule has 2 aromatic carbocycles. The van der Waals surface area contributed by atoms with Gasteiger partial charge in [-0.25, -0.2) is 0 Å². The van der Waals surface area contributed by atoms with E-state index in [2.05, 4.69) is 5.32 Å². The van der Waals surface area contributed by atoms with Crippen LogP contribution in [0.4, 0.5) is 0 Å². The number of hydrogen-bond acceptors (Lipinski definition) is 2. The van der Waals surface area contributed by atoms with Crippen molar-refractivity contribution in [3.8, 4) is 5.75 Å². The zero-order valence-corrected chi connectivity index (χ0v) is 11.3. The SMILES string of the molecule is Clc1ccc([C@H](Oc2ccccc2)C2CNC2)cc1. The predicted molar refractivity (Wildman–Crippen MR) is 77.6 cm³/mol. The summed E-state index contributed by atoms with van der Waals surface area (Å²) in [6, 6.07) is 17.9. The van der Waals surface area contributed by atoms with Crippen molar-refractivity contribution in [2.75, 3.05) is 13.1 Å². The Kier molecular flexibility index (Phi) is 3.72. The highest BCUT2D eigenvalue weighted by Gasteiger charge is 2.30. The van der Waals surface area contributed by atoms with Crippen molar-refractivity contribution in [1.82, 2.24) is 5.32 Å². The maximum absolute atomic E-state index is 6.16. The van der Waals surface area contributed by atoms with Gasteiger partial charge in [-0.15, -0.1) is 0 Å². The second kappa shape index (κ2) is 5.64. The Morgan fingerprint density at radius 3 is 2.26 bits per heavy atom. The lowest BCUT2D eigenvalue weighted by Gasteiger charge is -2.35. The van der Waals surface area contributed by atoms with Crippen molar-refractivity contribution < 1.29 is 4.74 Å². The summed E-state index contributed by atoms with van der Waals surface area (Å²) in [4.78, 5) is 0. The van der Waals surface area contributed by atoms with E-state index in [0.29, 0.717) is 5.92 Å². The summed E-state index contributed by atoms with van der Waals surface area (Å²) >= 11 is 5.95. The molecule has 1 aliphatic heterocycles. The maximum atomic E-state index is 6.16. The molecule has 1 fully saturated rings. The summed E-state index contributed by atoms with van der Waals surface area (Å²) in [5.74, 6) is 1.43. The number of para-hydroxylation sites is 1. The molecule has 0 unspecified atom stereocenters. The Hall–Kier alpha value is -1.51. The zero-order chi connectivity index (χ0) is 13.1. The molecule has 3 heteroatoms. The highest BCUT2D eigenvalue weighted by molar-refractivity contribution is 6.30. The fraction of sp³-hybridized carbons (Fsp3) is 0.250. The molecule has 0 amide bonds. The van der Waals surface area contributed by atoms with E-state index in [1.807, 2.05) is 54.6 Å². The third-order valence-corrected chi connectivity index (χ3v) is 3.70. The number of nitrogens with one attached hydrogen (secondary N) is 1. The van der Waals surface area contributed by atoms with E-state index in [9.17, 15) is 0 Å². The molecule has 1 aliphatic rings. The largest absolute Gasteiger partial charge is 0.485 e. The van der Waals surface area contributed by atoms with Gasteiger partial charge in [0.1, 0.15) is 11.9 Å². The molecule has 1 saturated heterocycles. The third kappa shape index (κ3) is 2.91. The van der Waals surface area contributed by atoms with Gasteiger partial charge >= 0.3 is 0 Å². The van der Waals surface area contributed by atoms with Crippen LogP contribution in [0.25, 0.3) is 0 Å².